The summed E-state index contributed by atoms with van der Waals surface area (Å²) in [7, 11) is 1.43. The van der Waals surface area contributed by atoms with Crippen molar-refractivity contribution in [2.24, 2.45) is 0 Å². The molecule has 0 bridgehead atoms. The standard InChI is InChI=1S/C11H15F2NO3/c1-17-10-3-2-8(4-9(10)16)5-14-6-11(12,13)7-15/h2-4,14-16H,5-7H2,1H3. The maximum Gasteiger partial charge on any atom is 0.282 e. The maximum atomic E-state index is 12.7. The summed E-state index contributed by atoms with van der Waals surface area (Å²) >= 11 is 0. The first-order chi connectivity index (χ1) is 7.98. The molecule has 1 aromatic rings. The number of aromatic hydroxyl groups is 1. The summed E-state index contributed by atoms with van der Waals surface area (Å²) in [6.45, 7) is -1.63. The average Bonchev–Trinajstić information content (AvgIpc) is 2.29. The van der Waals surface area contributed by atoms with Gasteiger partial charge in [-0.05, 0) is 17.7 Å². The lowest BCUT2D eigenvalue weighted by molar-refractivity contribution is -0.0477. The average molecular weight is 247 g/mol. The molecule has 0 saturated carbocycles. The molecule has 0 amide bonds. The minimum Gasteiger partial charge on any atom is -0.504 e. The molecule has 0 unspecified atom stereocenters. The number of aliphatic hydroxyl groups is 1. The zero-order valence-electron chi connectivity index (χ0n) is 9.41. The summed E-state index contributed by atoms with van der Waals surface area (Å²) in [6.07, 6.45) is 0. The molecule has 0 atom stereocenters. The number of phenolic OH excluding ortho intramolecular Hbond substituents is 1. The second-order valence-corrected chi connectivity index (χ2v) is 3.62. The van der Waals surface area contributed by atoms with Crippen molar-refractivity contribution in [2.75, 3.05) is 20.3 Å². The Kier molecular flexibility index (Phi) is 4.65. The molecule has 1 aromatic carbocycles. The zero-order valence-corrected chi connectivity index (χ0v) is 9.41. The van der Waals surface area contributed by atoms with Crippen LogP contribution in [0.5, 0.6) is 11.5 Å². The van der Waals surface area contributed by atoms with Gasteiger partial charge in [-0.2, -0.15) is 0 Å². The van der Waals surface area contributed by atoms with E-state index in [2.05, 4.69) is 5.32 Å². The number of methoxy groups -OCH3 is 1. The molecule has 0 aliphatic heterocycles. The third-order valence-corrected chi connectivity index (χ3v) is 2.19. The summed E-state index contributed by atoms with van der Waals surface area (Å²) in [5.74, 6) is -2.84. The number of phenols is 1. The molecule has 6 heteroatoms. The van der Waals surface area contributed by atoms with Gasteiger partial charge >= 0.3 is 0 Å². The van der Waals surface area contributed by atoms with Gasteiger partial charge in [0.05, 0.1) is 13.7 Å². The number of hydrogen-bond acceptors (Lipinski definition) is 4. The molecule has 17 heavy (non-hydrogen) atoms. The molecule has 0 aliphatic rings. The van der Waals surface area contributed by atoms with Gasteiger partial charge in [-0.25, -0.2) is 8.78 Å². The minimum absolute atomic E-state index is 0.0410. The third kappa shape index (κ3) is 4.16. The molecule has 0 aliphatic carbocycles. The van der Waals surface area contributed by atoms with Gasteiger partial charge in [0.15, 0.2) is 11.5 Å². The number of alkyl halides is 2. The van der Waals surface area contributed by atoms with E-state index in [1.807, 2.05) is 0 Å². The molecule has 0 spiro atoms. The van der Waals surface area contributed by atoms with Crippen LogP contribution in [0.4, 0.5) is 8.78 Å². The molecule has 96 valence electrons. The van der Waals surface area contributed by atoms with Gasteiger partial charge < -0.3 is 20.3 Å². The number of benzene rings is 1. The zero-order chi connectivity index (χ0) is 12.9. The van der Waals surface area contributed by atoms with E-state index in [4.69, 9.17) is 9.84 Å². The van der Waals surface area contributed by atoms with Gasteiger partial charge in [-0.15, -0.1) is 0 Å². The monoisotopic (exact) mass is 247 g/mol. The lowest BCUT2D eigenvalue weighted by atomic mass is 10.2. The Morgan fingerprint density at radius 3 is 2.65 bits per heavy atom. The van der Waals surface area contributed by atoms with Gasteiger partial charge in [-0.3, -0.25) is 0 Å². The second-order valence-electron chi connectivity index (χ2n) is 3.62. The molecule has 3 N–H and O–H groups in total. The first-order valence-corrected chi connectivity index (χ1v) is 5.04. The minimum atomic E-state index is -3.13. The highest BCUT2D eigenvalue weighted by atomic mass is 19.3. The van der Waals surface area contributed by atoms with E-state index in [-0.39, 0.29) is 12.3 Å². The summed E-state index contributed by atoms with van der Waals surface area (Å²) in [5.41, 5.74) is 0.650. The number of rotatable bonds is 6. The summed E-state index contributed by atoms with van der Waals surface area (Å²) in [4.78, 5) is 0. The van der Waals surface area contributed by atoms with Crippen LogP contribution in [0.25, 0.3) is 0 Å². The SMILES string of the molecule is COc1ccc(CNCC(F)(F)CO)cc1O. The molecule has 0 saturated heterocycles. The molecule has 0 fully saturated rings. The van der Waals surface area contributed by atoms with E-state index in [1.165, 1.54) is 13.2 Å². The fraction of sp³-hybridized carbons (Fsp3) is 0.455. The van der Waals surface area contributed by atoms with Crippen LogP contribution < -0.4 is 10.1 Å². The van der Waals surface area contributed by atoms with E-state index in [9.17, 15) is 13.9 Å². The van der Waals surface area contributed by atoms with Crippen molar-refractivity contribution in [3.63, 3.8) is 0 Å². The quantitative estimate of drug-likeness (QED) is 0.705. The van der Waals surface area contributed by atoms with E-state index >= 15 is 0 Å². The number of aliphatic hydroxyl groups excluding tert-OH is 1. The third-order valence-electron chi connectivity index (χ3n) is 2.19. The van der Waals surface area contributed by atoms with Crippen LogP contribution in [0.1, 0.15) is 5.56 Å². The molecule has 4 nitrogen and oxygen atoms in total. The Morgan fingerprint density at radius 2 is 2.12 bits per heavy atom. The molecule has 1 rings (SSSR count). The fourth-order valence-electron chi connectivity index (χ4n) is 1.29. The van der Waals surface area contributed by atoms with Crippen molar-refractivity contribution in [1.29, 1.82) is 0 Å². The fourth-order valence-corrected chi connectivity index (χ4v) is 1.29. The number of halogens is 2. The molecular weight excluding hydrogens is 232 g/mol. The van der Waals surface area contributed by atoms with E-state index < -0.39 is 19.1 Å². The van der Waals surface area contributed by atoms with E-state index in [0.717, 1.165) is 0 Å². The van der Waals surface area contributed by atoms with Gasteiger partial charge in [-0.1, -0.05) is 6.07 Å². The van der Waals surface area contributed by atoms with Crippen molar-refractivity contribution in [3.05, 3.63) is 23.8 Å². The first-order valence-electron chi connectivity index (χ1n) is 5.04. The predicted molar refractivity (Wildman–Crippen MR) is 58.4 cm³/mol. The number of nitrogens with one attached hydrogen (secondary N) is 1. The maximum absolute atomic E-state index is 12.7. The Labute approximate surface area is 97.8 Å². The van der Waals surface area contributed by atoms with Crippen LogP contribution >= 0.6 is 0 Å². The Balaban J connectivity index is 2.50. The highest BCUT2D eigenvalue weighted by Gasteiger charge is 2.26. The number of ether oxygens (including phenoxy) is 1. The highest BCUT2D eigenvalue weighted by Crippen LogP contribution is 2.26. The second kappa shape index (κ2) is 5.79. The van der Waals surface area contributed by atoms with E-state index in [1.54, 1.807) is 12.1 Å². The van der Waals surface area contributed by atoms with Gasteiger partial charge in [0.1, 0.15) is 6.61 Å². The topological polar surface area (TPSA) is 61.7 Å². The summed E-state index contributed by atoms with van der Waals surface area (Å²) in [5, 5.41) is 20.3. The van der Waals surface area contributed by atoms with Crippen molar-refractivity contribution < 1.29 is 23.7 Å². The van der Waals surface area contributed by atoms with Crippen LogP contribution in [0.3, 0.4) is 0 Å². The normalized spacial score (nSPS) is 11.5. The molecule has 0 radical (unpaired) electrons. The molecule has 0 heterocycles. The van der Waals surface area contributed by atoms with Gasteiger partial charge in [0, 0.05) is 6.54 Å². The van der Waals surface area contributed by atoms with Crippen LogP contribution in [-0.2, 0) is 6.54 Å². The summed E-state index contributed by atoms with van der Waals surface area (Å²) in [6, 6.07) is 4.64. The van der Waals surface area contributed by atoms with Crippen molar-refractivity contribution in [2.45, 2.75) is 12.5 Å². The van der Waals surface area contributed by atoms with Crippen LogP contribution in [0, 0.1) is 0 Å². The predicted octanol–water partition coefficient (Wildman–Crippen LogP) is 1.12. The smallest absolute Gasteiger partial charge is 0.282 e. The van der Waals surface area contributed by atoms with Crippen molar-refractivity contribution >= 4 is 0 Å². The number of hydrogen-bond donors (Lipinski definition) is 3. The van der Waals surface area contributed by atoms with Gasteiger partial charge in [0.2, 0.25) is 0 Å². The van der Waals surface area contributed by atoms with Crippen molar-refractivity contribution in [3.8, 4) is 11.5 Å². The Hall–Kier alpha value is -1.40. The van der Waals surface area contributed by atoms with Crippen LogP contribution in [0.15, 0.2) is 18.2 Å². The lowest BCUT2D eigenvalue weighted by Gasteiger charge is -2.14. The molecular formula is C11H15F2NO3. The Bertz CT molecular complexity index is 372. The Morgan fingerprint density at radius 1 is 1.41 bits per heavy atom. The summed E-state index contributed by atoms with van der Waals surface area (Å²) < 4.78 is 30.2. The highest BCUT2D eigenvalue weighted by molar-refractivity contribution is 5.41. The van der Waals surface area contributed by atoms with Crippen molar-refractivity contribution in [1.82, 2.24) is 5.32 Å². The molecule has 0 aromatic heterocycles. The van der Waals surface area contributed by atoms with Crippen LogP contribution in [0.2, 0.25) is 0 Å². The first kappa shape index (κ1) is 13.7. The lowest BCUT2D eigenvalue weighted by Crippen LogP contribution is -2.35. The largest absolute Gasteiger partial charge is 0.504 e. The van der Waals surface area contributed by atoms with E-state index in [0.29, 0.717) is 11.3 Å². The van der Waals surface area contributed by atoms with Gasteiger partial charge in [0.25, 0.3) is 5.92 Å². The van der Waals surface area contributed by atoms with Crippen LogP contribution in [-0.4, -0.2) is 36.4 Å².